The lowest BCUT2D eigenvalue weighted by atomic mass is 9.86. The highest BCUT2D eigenvalue weighted by molar-refractivity contribution is 5.97. The second-order valence-electron chi connectivity index (χ2n) is 8.08. The number of carbonyl (C=O) groups is 2. The number of nitrogens with zero attached hydrogens (tertiary/aromatic N) is 2. The van der Waals surface area contributed by atoms with Gasteiger partial charge in [0.2, 0.25) is 11.8 Å². The average Bonchev–Trinajstić information content (AvgIpc) is 3.14. The van der Waals surface area contributed by atoms with E-state index in [2.05, 4.69) is 11.1 Å². The molecule has 3 aromatic rings. The maximum atomic E-state index is 13.1. The summed E-state index contributed by atoms with van der Waals surface area (Å²) in [5.41, 5.74) is 3.98. The number of likely N-dealkylation sites (N-methyl/N-ethyl adjacent to an activating group) is 1. The summed E-state index contributed by atoms with van der Waals surface area (Å²) in [6, 6.07) is 13.0. The molecule has 0 radical (unpaired) electrons. The van der Waals surface area contributed by atoms with Crippen LogP contribution in [0.25, 0.3) is 10.9 Å². The minimum Gasteiger partial charge on any atom is -0.486 e. The van der Waals surface area contributed by atoms with Crippen molar-refractivity contribution in [3.05, 3.63) is 59.3 Å². The van der Waals surface area contributed by atoms with Gasteiger partial charge >= 0.3 is 0 Å². The molecule has 6 rings (SSSR count). The predicted molar refractivity (Wildman–Crippen MR) is 110 cm³/mol. The molecule has 2 amide bonds. The molecule has 3 aliphatic heterocycles. The van der Waals surface area contributed by atoms with Crippen LogP contribution < -0.4 is 9.47 Å². The second kappa shape index (κ2) is 6.26. The summed E-state index contributed by atoms with van der Waals surface area (Å²) >= 11 is 0. The molecule has 4 heterocycles. The molecule has 3 aliphatic rings. The topological polar surface area (TPSA) is 74.9 Å². The Morgan fingerprint density at radius 2 is 1.83 bits per heavy atom. The van der Waals surface area contributed by atoms with Crippen LogP contribution in [0.15, 0.2) is 42.5 Å². The molecular weight excluding hydrogens is 382 g/mol. The standard InChI is InChI=1S/C23H21N3O4/c1-25-12-20(27)26-17(23(25)28)11-15-14-4-2-3-5-16(14)24-21(15)22(26)13-6-7-18-19(10-13)30-9-8-29-18/h2-7,10,17,22,24H,8-9,11-12H2,1H3/t17?,22-/m1/s1. The molecule has 152 valence electrons. The van der Waals surface area contributed by atoms with Crippen LogP contribution in [0.5, 0.6) is 11.5 Å². The van der Waals surface area contributed by atoms with Crippen LogP contribution >= 0.6 is 0 Å². The molecule has 30 heavy (non-hydrogen) atoms. The molecule has 0 spiro atoms. The van der Waals surface area contributed by atoms with Crippen molar-refractivity contribution in [2.45, 2.75) is 18.5 Å². The number of benzene rings is 2. The van der Waals surface area contributed by atoms with E-state index in [4.69, 9.17) is 9.47 Å². The van der Waals surface area contributed by atoms with Gasteiger partial charge in [0.15, 0.2) is 11.5 Å². The first-order chi connectivity index (χ1) is 14.6. The van der Waals surface area contributed by atoms with Gasteiger partial charge in [-0.25, -0.2) is 0 Å². The first kappa shape index (κ1) is 17.4. The van der Waals surface area contributed by atoms with E-state index in [1.807, 2.05) is 36.4 Å². The maximum absolute atomic E-state index is 13.1. The van der Waals surface area contributed by atoms with E-state index in [1.54, 1.807) is 11.9 Å². The number of amides is 2. The number of piperazine rings is 1. The van der Waals surface area contributed by atoms with E-state index in [-0.39, 0.29) is 24.4 Å². The molecule has 1 aromatic heterocycles. The van der Waals surface area contributed by atoms with Crippen LogP contribution in [-0.4, -0.2) is 59.4 Å². The van der Waals surface area contributed by atoms with Crippen molar-refractivity contribution in [3.63, 3.8) is 0 Å². The average molecular weight is 403 g/mol. The monoisotopic (exact) mass is 403 g/mol. The highest BCUT2D eigenvalue weighted by Crippen LogP contribution is 2.44. The highest BCUT2D eigenvalue weighted by atomic mass is 16.6. The van der Waals surface area contributed by atoms with Crippen LogP contribution in [0.1, 0.15) is 22.9 Å². The van der Waals surface area contributed by atoms with Gasteiger partial charge in [-0.3, -0.25) is 9.59 Å². The number of aromatic nitrogens is 1. The number of para-hydroxylation sites is 1. The van der Waals surface area contributed by atoms with E-state index < -0.39 is 6.04 Å². The Bertz CT molecular complexity index is 1200. The third-order valence-corrected chi connectivity index (χ3v) is 6.34. The van der Waals surface area contributed by atoms with Crippen molar-refractivity contribution in [1.82, 2.24) is 14.8 Å². The van der Waals surface area contributed by atoms with Crippen molar-refractivity contribution in [1.29, 1.82) is 0 Å². The zero-order valence-electron chi connectivity index (χ0n) is 16.6. The Morgan fingerprint density at radius 3 is 2.70 bits per heavy atom. The first-order valence-electron chi connectivity index (χ1n) is 10.2. The summed E-state index contributed by atoms with van der Waals surface area (Å²) < 4.78 is 11.5. The van der Waals surface area contributed by atoms with Gasteiger partial charge in [-0.15, -0.1) is 0 Å². The predicted octanol–water partition coefficient (Wildman–Crippen LogP) is 2.25. The fraction of sp³-hybridized carbons (Fsp3) is 0.304. The quantitative estimate of drug-likeness (QED) is 0.676. The summed E-state index contributed by atoms with van der Waals surface area (Å²) in [5, 5.41) is 1.10. The SMILES string of the molecule is CN1CC(=O)N2C(Cc3c([nH]c4ccccc34)[C@H]2c2ccc3c(c2)OCCO3)C1=O. The fourth-order valence-electron chi connectivity index (χ4n) is 4.98. The van der Waals surface area contributed by atoms with Gasteiger partial charge in [0.05, 0.1) is 12.6 Å². The maximum Gasteiger partial charge on any atom is 0.245 e. The zero-order valence-corrected chi connectivity index (χ0v) is 16.6. The summed E-state index contributed by atoms with van der Waals surface area (Å²) in [6.07, 6.45) is 0.509. The fourth-order valence-corrected chi connectivity index (χ4v) is 4.98. The third-order valence-electron chi connectivity index (χ3n) is 6.34. The van der Waals surface area contributed by atoms with Crippen LogP contribution in [0, 0.1) is 0 Å². The molecule has 1 saturated heterocycles. The number of H-pyrrole nitrogens is 1. The van der Waals surface area contributed by atoms with Crippen molar-refractivity contribution in [3.8, 4) is 11.5 Å². The van der Waals surface area contributed by atoms with E-state index in [0.29, 0.717) is 31.1 Å². The Morgan fingerprint density at radius 1 is 1.03 bits per heavy atom. The van der Waals surface area contributed by atoms with Gasteiger partial charge in [0, 0.05) is 30.1 Å². The Balaban J connectivity index is 1.57. The Labute approximate surface area is 173 Å². The lowest BCUT2D eigenvalue weighted by Gasteiger charge is -2.46. The van der Waals surface area contributed by atoms with Crippen molar-refractivity contribution in [2.75, 3.05) is 26.8 Å². The van der Waals surface area contributed by atoms with Gasteiger partial charge in [-0.1, -0.05) is 24.3 Å². The van der Waals surface area contributed by atoms with E-state index >= 15 is 0 Å². The van der Waals surface area contributed by atoms with Crippen molar-refractivity contribution < 1.29 is 19.1 Å². The minimum absolute atomic E-state index is 0.0203. The minimum atomic E-state index is -0.513. The number of hydrogen-bond acceptors (Lipinski definition) is 4. The summed E-state index contributed by atoms with van der Waals surface area (Å²) in [7, 11) is 1.70. The number of carbonyl (C=O) groups excluding carboxylic acids is 2. The second-order valence-corrected chi connectivity index (χ2v) is 8.08. The van der Waals surface area contributed by atoms with Crippen LogP contribution in [0.4, 0.5) is 0 Å². The van der Waals surface area contributed by atoms with Gasteiger partial charge in [0.25, 0.3) is 0 Å². The molecular formula is C23H21N3O4. The van der Waals surface area contributed by atoms with Gasteiger partial charge in [-0.05, 0) is 29.3 Å². The van der Waals surface area contributed by atoms with Crippen LogP contribution in [0.2, 0.25) is 0 Å². The van der Waals surface area contributed by atoms with E-state index in [1.165, 1.54) is 4.90 Å². The molecule has 1 unspecified atom stereocenters. The smallest absolute Gasteiger partial charge is 0.245 e. The lowest BCUT2D eigenvalue weighted by molar-refractivity contribution is -0.157. The summed E-state index contributed by atoms with van der Waals surface area (Å²) in [4.78, 5) is 33.0. The zero-order chi connectivity index (χ0) is 20.4. The van der Waals surface area contributed by atoms with Gasteiger partial charge < -0.3 is 24.3 Å². The first-order valence-corrected chi connectivity index (χ1v) is 10.2. The Hall–Kier alpha value is -3.48. The van der Waals surface area contributed by atoms with Crippen LogP contribution in [0.3, 0.4) is 0 Å². The molecule has 0 bridgehead atoms. The van der Waals surface area contributed by atoms with Gasteiger partial charge in [-0.2, -0.15) is 0 Å². The molecule has 7 heteroatoms. The molecule has 0 saturated carbocycles. The molecule has 2 atom stereocenters. The molecule has 0 aliphatic carbocycles. The molecule has 7 nitrogen and oxygen atoms in total. The van der Waals surface area contributed by atoms with E-state index in [9.17, 15) is 9.59 Å². The van der Waals surface area contributed by atoms with Crippen molar-refractivity contribution >= 4 is 22.7 Å². The number of hydrogen-bond donors (Lipinski definition) is 1. The largest absolute Gasteiger partial charge is 0.486 e. The summed E-state index contributed by atoms with van der Waals surface area (Å²) in [6.45, 7) is 1.11. The molecule has 2 aromatic carbocycles. The third kappa shape index (κ3) is 2.38. The number of nitrogens with one attached hydrogen (secondary N) is 1. The number of rotatable bonds is 1. The lowest BCUT2D eigenvalue weighted by Crippen LogP contribution is -2.62. The Kier molecular flexibility index (Phi) is 3.63. The highest BCUT2D eigenvalue weighted by Gasteiger charge is 2.47. The number of fused-ring (bicyclic) bond motifs is 5. The number of aromatic amines is 1. The van der Waals surface area contributed by atoms with Crippen LogP contribution in [-0.2, 0) is 16.0 Å². The molecule has 1 fully saturated rings. The number of ether oxygens (including phenoxy) is 2. The normalized spacial score (nSPS) is 22.8. The van der Waals surface area contributed by atoms with Gasteiger partial charge in [0.1, 0.15) is 19.3 Å². The molecule has 1 N–H and O–H groups in total. The van der Waals surface area contributed by atoms with Crippen molar-refractivity contribution in [2.24, 2.45) is 0 Å². The summed E-state index contributed by atoms with van der Waals surface area (Å²) in [5.74, 6) is 1.31. The van der Waals surface area contributed by atoms with E-state index in [0.717, 1.165) is 27.7 Å².